The lowest BCUT2D eigenvalue weighted by atomic mass is 9.69. The molecule has 0 saturated heterocycles. The van der Waals surface area contributed by atoms with Crippen LogP contribution in [0.3, 0.4) is 0 Å². The molecular formula is C14H22N2O2. The Kier molecular flexibility index (Phi) is 3.57. The Morgan fingerprint density at radius 3 is 2.72 bits per heavy atom. The van der Waals surface area contributed by atoms with Gasteiger partial charge in [-0.1, -0.05) is 20.8 Å². The van der Waals surface area contributed by atoms with Gasteiger partial charge in [0, 0.05) is 12.3 Å². The predicted octanol–water partition coefficient (Wildman–Crippen LogP) is 1.99. The molecule has 1 heterocycles. The molecule has 0 spiro atoms. The van der Waals surface area contributed by atoms with E-state index in [1.54, 1.807) is 16.9 Å². The van der Waals surface area contributed by atoms with Crippen molar-refractivity contribution in [2.24, 2.45) is 11.3 Å². The first kappa shape index (κ1) is 13.3. The summed E-state index contributed by atoms with van der Waals surface area (Å²) in [5.41, 5.74) is 0.0349. The zero-order valence-corrected chi connectivity index (χ0v) is 11.3. The van der Waals surface area contributed by atoms with Crippen LogP contribution >= 0.6 is 0 Å². The third-order valence-corrected chi connectivity index (χ3v) is 3.96. The number of hydrogen-bond donors (Lipinski definition) is 1. The first-order valence-corrected chi connectivity index (χ1v) is 6.61. The van der Waals surface area contributed by atoms with Crippen molar-refractivity contribution in [1.82, 2.24) is 9.78 Å². The summed E-state index contributed by atoms with van der Waals surface area (Å²) in [5.74, 6) is 0.369. The zero-order valence-electron chi connectivity index (χ0n) is 11.3. The van der Waals surface area contributed by atoms with Crippen molar-refractivity contribution in [3.05, 3.63) is 28.7 Å². The van der Waals surface area contributed by atoms with Crippen LogP contribution < -0.4 is 5.56 Å². The molecule has 1 fully saturated rings. The molecule has 3 unspecified atom stereocenters. The molecule has 0 bridgehead atoms. The Balaban J connectivity index is 2.37. The summed E-state index contributed by atoms with van der Waals surface area (Å²) in [6.07, 6.45) is 3.71. The van der Waals surface area contributed by atoms with Gasteiger partial charge in [-0.3, -0.25) is 4.79 Å². The molecule has 1 saturated carbocycles. The summed E-state index contributed by atoms with van der Waals surface area (Å²) in [5, 5.41) is 14.1. The van der Waals surface area contributed by atoms with E-state index in [4.69, 9.17) is 0 Å². The number of hydrogen-bond acceptors (Lipinski definition) is 3. The van der Waals surface area contributed by atoms with E-state index in [1.165, 1.54) is 6.07 Å². The van der Waals surface area contributed by atoms with Gasteiger partial charge in [0.25, 0.3) is 5.56 Å². The molecule has 1 N–H and O–H groups in total. The van der Waals surface area contributed by atoms with Gasteiger partial charge in [-0.05, 0) is 36.7 Å². The fourth-order valence-electron chi connectivity index (χ4n) is 3.02. The van der Waals surface area contributed by atoms with Crippen molar-refractivity contribution in [1.29, 1.82) is 0 Å². The van der Waals surface area contributed by atoms with E-state index >= 15 is 0 Å². The number of aromatic nitrogens is 2. The van der Waals surface area contributed by atoms with E-state index in [-0.39, 0.29) is 23.1 Å². The van der Waals surface area contributed by atoms with Crippen molar-refractivity contribution in [2.45, 2.75) is 52.2 Å². The number of rotatable bonds is 1. The molecule has 0 aliphatic heterocycles. The van der Waals surface area contributed by atoms with Crippen LogP contribution in [0.25, 0.3) is 0 Å². The fourth-order valence-corrected chi connectivity index (χ4v) is 3.02. The average molecular weight is 250 g/mol. The number of aliphatic hydroxyl groups is 1. The molecule has 0 radical (unpaired) electrons. The average Bonchev–Trinajstić information content (AvgIpc) is 2.27. The van der Waals surface area contributed by atoms with Gasteiger partial charge < -0.3 is 5.11 Å². The fraction of sp³-hybridized carbons (Fsp3) is 0.714. The Morgan fingerprint density at radius 1 is 1.39 bits per heavy atom. The molecule has 1 aromatic rings. The highest BCUT2D eigenvalue weighted by Crippen LogP contribution is 2.43. The van der Waals surface area contributed by atoms with Crippen molar-refractivity contribution < 1.29 is 5.11 Å². The molecule has 4 heteroatoms. The first-order valence-electron chi connectivity index (χ1n) is 6.61. The standard InChI is InChI=1S/C14H22N2O2/c1-14(2,3)11-7-6-10(17)9-12(11)16-13(18)5-4-8-15-16/h4-5,8,10-12,17H,6-7,9H2,1-3H3. The van der Waals surface area contributed by atoms with Crippen molar-refractivity contribution >= 4 is 0 Å². The van der Waals surface area contributed by atoms with Gasteiger partial charge in [-0.2, -0.15) is 5.10 Å². The van der Waals surface area contributed by atoms with Crippen LogP contribution in [0.4, 0.5) is 0 Å². The minimum atomic E-state index is -0.317. The Bertz CT molecular complexity index is 461. The van der Waals surface area contributed by atoms with Crippen LogP contribution in [0.2, 0.25) is 0 Å². The lowest BCUT2D eigenvalue weighted by Crippen LogP contribution is -2.41. The third kappa shape index (κ3) is 2.64. The maximum Gasteiger partial charge on any atom is 0.266 e. The SMILES string of the molecule is CC(C)(C)C1CCC(O)CC1n1ncccc1=O. The molecule has 4 nitrogen and oxygen atoms in total. The molecule has 1 aliphatic rings. The quantitative estimate of drug-likeness (QED) is 0.829. The Hall–Kier alpha value is -1.16. The van der Waals surface area contributed by atoms with Crippen LogP contribution in [0.1, 0.15) is 46.1 Å². The van der Waals surface area contributed by atoms with E-state index in [1.807, 2.05) is 0 Å². The van der Waals surface area contributed by atoms with Crippen LogP contribution in [0.15, 0.2) is 23.1 Å². The Labute approximate surface area is 108 Å². The lowest BCUT2D eigenvalue weighted by molar-refractivity contribution is 0.0235. The Morgan fingerprint density at radius 2 is 2.11 bits per heavy atom. The van der Waals surface area contributed by atoms with Gasteiger partial charge in [-0.15, -0.1) is 0 Å². The van der Waals surface area contributed by atoms with E-state index in [0.29, 0.717) is 12.3 Å². The summed E-state index contributed by atoms with van der Waals surface area (Å²) in [6.45, 7) is 6.57. The van der Waals surface area contributed by atoms with Crippen LogP contribution in [-0.2, 0) is 0 Å². The van der Waals surface area contributed by atoms with Crippen LogP contribution in [0.5, 0.6) is 0 Å². The minimum absolute atomic E-state index is 0.00227. The van der Waals surface area contributed by atoms with Crippen LogP contribution in [-0.4, -0.2) is 21.0 Å². The molecular weight excluding hydrogens is 228 g/mol. The molecule has 100 valence electrons. The summed E-state index contributed by atoms with van der Waals surface area (Å²) in [7, 11) is 0. The lowest BCUT2D eigenvalue weighted by Gasteiger charge is -2.41. The van der Waals surface area contributed by atoms with Gasteiger partial charge in [-0.25, -0.2) is 4.68 Å². The van der Waals surface area contributed by atoms with E-state index in [2.05, 4.69) is 25.9 Å². The molecule has 1 aliphatic carbocycles. The number of nitrogens with zero attached hydrogens (tertiary/aromatic N) is 2. The largest absolute Gasteiger partial charge is 0.393 e. The summed E-state index contributed by atoms with van der Waals surface area (Å²) >= 11 is 0. The third-order valence-electron chi connectivity index (χ3n) is 3.96. The van der Waals surface area contributed by atoms with Gasteiger partial charge in [0.05, 0.1) is 12.1 Å². The zero-order chi connectivity index (χ0) is 13.3. The second kappa shape index (κ2) is 4.84. The molecule has 1 aromatic heterocycles. The van der Waals surface area contributed by atoms with E-state index in [0.717, 1.165) is 12.8 Å². The topological polar surface area (TPSA) is 55.1 Å². The molecule has 0 aromatic carbocycles. The first-order chi connectivity index (χ1) is 8.39. The molecule has 18 heavy (non-hydrogen) atoms. The second-order valence-corrected chi connectivity index (χ2v) is 6.31. The molecule has 0 amide bonds. The summed E-state index contributed by atoms with van der Waals surface area (Å²) in [6, 6.07) is 3.19. The van der Waals surface area contributed by atoms with Gasteiger partial charge >= 0.3 is 0 Å². The highest BCUT2D eigenvalue weighted by Gasteiger charge is 2.38. The summed E-state index contributed by atoms with van der Waals surface area (Å²) in [4.78, 5) is 11.9. The second-order valence-electron chi connectivity index (χ2n) is 6.31. The molecule has 2 rings (SSSR count). The highest BCUT2D eigenvalue weighted by atomic mass is 16.3. The number of aliphatic hydroxyl groups excluding tert-OH is 1. The van der Waals surface area contributed by atoms with Crippen LogP contribution in [0, 0.1) is 11.3 Å². The maximum absolute atomic E-state index is 11.9. The summed E-state index contributed by atoms with van der Waals surface area (Å²) < 4.78 is 1.55. The van der Waals surface area contributed by atoms with E-state index in [9.17, 15) is 9.90 Å². The van der Waals surface area contributed by atoms with Crippen molar-refractivity contribution in [2.75, 3.05) is 0 Å². The predicted molar refractivity (Wildman–Crippen MR) is 70.3 cm³/mol. The monoisotopic (exact) mass is 250 g/mol. The van der Waals surface area contributed by atoms with E-state index < -0.39 is 0 Å². The minimum Gasteiger partial charge on any atom is -0.393 e. The highest BCUT2D eigenvalue weighted by molar-refractivity contribution is 4.93. The van der Waals surface area contributed by atoms with Crippen molar-refractivity contribution in [3.63, 3.8) is 0 Å². The van der Waals surface area contributed by atoms with Gasteiger partial charge in [0.15, 0.2) is 0 Å². The normalized spacial score (nSPS) is 29.2. The molecule has 3 atom stereocenters. The van der Waals surface area contributed by atoms with Crippen molar-refractivity contribution in [3.8, 4) is 0 Å². The van der Waals surface area contributed by atoms with Gasteiger partial charge in [0.2, 0.25) is 0 Å². The maximum atomic E-state index is 11.9. The van der Waals surface area contributed by atoms with Gasteiger partial charge in [0.1, 0.15) is 0 Å². The smallest absolute Gasteiger partial charge is 0.266 e.